The topological polar surface area (TPSA) is 30.0 Å². The zero-order chi connectivity index (χ0) is 15.2. The van der Waals surface area contributed by atoms with E-state index >= 15 is 0 Å². The van der Waals surface area contributed by atoms with E-state index in [9.17, 15) is 4.79 Å². The lowest BCUT2D eigenvalue weighted by molar-refractivity contribution is 0.103. The number of hydrogen-bond acceptors (Lipinski definition) is 2. The molecule has 0 spiro atoms. The maximum absolute atomic E-state index is 12.3. The molecule has 0 N–H and O–H groups in total. The van der Waals surface area contributed by atoms with Gasteiger partial charge in [0.1, 0.15) is 0 Å². The van der Waals surface area contributed by atoms with Crippen molar-refractivity contribution in [3.63, 3.8) is 0 Å². The number of nitrogens with zero attached hydrogens (tertiary/aromatic N) is 1. The van der Waals surface area contributed by atoms with Gasteiger partial charge < -0.3 is 0 Å². The molecule has 108 valence electrons. The average molecular weight is 287 g/mol. The van der Waals surface area contributed by atoms with Gasteiger partial charge in [0.05, 0.1) is 0 Å². The lowest BCUT2D eigenvalue weighted by Gasteiger charge is -2.04. The lowest BCUT2D eigenvalue weighted by atomic mass is 10.0. The van der Waals surface area contributed by atoms with Gasteiger partial charge in [0.25, 0.3) is 0 Å². The van der Waals surface area contributed by atoms with Crippen LogP contribution in [0.15, 0.2) is 79.0 Å². The average Bonchev–Trinajstić information content (AvgIpc) is 2.61. The van der Waals surface area contributed by atoms with Crippen molar-refractivity contribution in [2.24, 2.45) is 0 Å². The summed E-state index contributed by atoms with van der Waals surface area (Å²) in [6, 6.07) is 23.2. The van der Waals surface area contributed by atoms with Gasteiger partial charge in [-0.3, -0.25) is 9.78 Å². The Morgan fingerprint density at radius 2 is 1.41 bits per heavy atom. The van der Waals surface area contributed by atoms with E-state index in [1.165, 1.54) is 5.56 Å². The van der Waals surface area contributed by atoms with Gasteiger partial charge in [-0.25, -0.2) is 0 Å². The molecule has 0 atom stereocenters. The van der Waals surface area contributed by atoms with Crippen LogP contribution in [-0.2, 0) is 12.8 Å². The van der Waals surface area contributed by atoms with Crippen molar-refractivity contribution < 1.29 is 4.79 Å². The van der Waals surface area contributed by atoms with Crippen molar-refractivity contribution in [1.29, 1.82) is 0 Å². The van der Waals surface area contributed by atoms with Crippen LogP contribution in [0.25, 0.3) is 0 Å². The molecule has 0 saturated carbocycles. The Morgan fingerprint density at radius 3 is 2.09 bits per heavy atom. The summed E-state index contributed by atoms with van der Waals surface area (Å²) in [7, 11) is 0. The van der Waals surface area contributed by atoms with Gasteiger partial charge in [0.15, 0.2) is 5.78 Å². The first-order valence-corrected chi connectivity index (χ1v) is 7.41. The van der Waals surface area contributed by atoms with Gasteiger partial charge in [-0.05, 0) is 30.5 Å². The third-order valence-corrected chi connectivity index (χ3v) is 3.65. The van der Waals surface area contributed by atoms with Gasteiger partial charge in [0.2, 0.25) is 0 Å². The smallest absolute Gasteiger partial charge is 0.193 e. The molecule has 22 heavy (non-hydrogen) atoms. The van der Waals surface area contributed by atoms with Crippen molar-refractivity contribution >= 4 is 5.78 Å². The van der Waals surface area contributed by atoms with E-state index in [0.717, 1.165) is 29.7 Å². The van der Waals surface area contributed by atoms with Crippen LogP contribution in [0.3, 0.4) is 0 Å². The molecule has 2 aromatic carbocycles. The SMILES string of the molecule is O=C(c1ccccc1)c1ccc(CCc2ccccn2)cc1. The fourth-order valence-electron chi connectivity index (χ4n) is 2.40. The molecule has 0 fully saturated rings. The minimum atomic E-state index is 0.0666. The highest BCUT2D eigenvalue weighted by Crippen LogP contribution is 2.12. The molecule has 0 amide bonds. The normalized spacial score (nSPS) is 10.4. The number of hydrogen-bond donors (Lipinski definition) is 0. The van der Waals surface area contributed by atoms with Gasteiger partial charge in [-0.2, -0.15) is 0 Å². The molecule has 1 heterocycles. The maximum atomic E-state index is 12.3. The van der Waals surface area contributed by atoms with Crippen LogP contribution in [-0.4, -0.2) is 10.8 Å². The van der Waals surface area contributed by atoms with Crippen LogP contribution in [0.5, 0.6) is 0 Å². The summed E-state index contributed by atoms with van der Waals surface area (Å²) in [6.07, 6.45) is 3.65. The van der Waals surface area contributed by atoms with Crippen molar-refractivity contribution in [2.45, 2.75) is 12.8 Å². The van der Waals surface area contributed by atoms with Crippen molar-refractivity contribution in [3.8, 4) is 0 Å². The first-order valence-electron chi connectivity index (χ1n) is 7.41. The monoisotopic (exact) mass is 287 g/mol. The molecule has 0 bridgehead atoms. The highest BCUT2D eigenvalue weighted by molar-refractivity contribution is 6.08. The molecule has 3 aromatic rings. The molecule has 0 aliphatic carbocycles. The number of ketones is 1. The predicted octanol–water partition coefficient (Wildman–Crippen LogP) is 4.10. The largest absolute Gasteiger partial charge is 0.289 e. The minimum absolute atomic E-state index is 0.0666. The highest BCUT2D eigenvalue weighted by Gasteiger charge is 2.08. The van der Waals surface area contributed by atoms with Gasteiger partial charge in [-0.15, -0.1) is 0 Å². The third-order valence-electron chi connectivity index (χ3n) is 3.65. The fourth-order valence-corrected chi connectivity index (χ4v) is 2.40. The zero-order valence-corrected chi connectivity index (χ0v) is 12.3. The fraction of sp³-hybridized carbons (Fsp3) is 0.100. The Morgan fingerprint density at radius 1 is 0.727 bits per heavy atom. The zero-order valence-electron chi connectivity index (χ0n) is 12.3. The Hall–Kier alpha value is -2.74. The maximum Gasteiger partial charge on any atom is 0.193 e. The van der Waals surface area contributed by atoms with Crippen molar-refractivity contribution in [1.82, 2.24) is 4.98 Å². The van der Waals surface area contributed by atoms with Gasteiger partial charge in [-0.1, -0.05) is 60.7 Å². The second kappa shape index (κ2) is 6.81. The summed E-state index contributed by atoms with van der Waals surface area (Å²) >= 11 is 0. The number of pyridine rings is 1. The number of carbonyl (C=O) groups excluding carboxylic acids is 1. The lowest BCUT2D eigenvalue weighted by Crippen LogP contribution is -2.01. The molecule has 3 rings (SSSR count). The van der Waals surface area contributed by atoms with E-state index in [1.807, 2.05) is 79.0 Å². The van der Waals surface area contributed by atoms with Crippen LogP contribution in [0.4, 0.5) is 0 Å². The number of benzene rings is 2. The number of carbonyl (C=O) groups is 1. The molecule has 2 nitrogen and oxygen atoms in total. The van der Waals surface area contributed by atoms with E-state index in [1.54, 1.807) is 0 Å². The molecule has 0 unspecified atom stereocenters. The number of aryl methyl sites for hydroxylation is 2. The van der Waals surface area contributed by atoms with E-state index in [-0.39, 0.29) is 5.78 Å². The van der Waals surface area contributed by atoms with Gasteiger partial charge in [0, 0.05) is 23.0 Å². The molecular weight excluding hydrogens is 270 g/mol. The number of aromatic nitrogens is 1. The van der Waals surface area contributed by atoms with Crippen molar-refractivity contribution in [3.05, 3.63) is 101 Å². The highest BCUT2D eigenvalue weighted by atomic mass is 16.1. The van der Waals surface area contributed by atoms with E-state index in [2.05, 4.69) is 4.98 Å². The third kappa shape index (κ3) is 3.47. The van der Waals surface area contributed by atoms with E-state index < -0.39 is 0 Å². The molecule has 0 radical (unpaired) electrons. The Bertz CT molecular complexity index is 734. The van der Waals surface area contributed by atoms with E-state index in [4.69, 9.17) is 0 Å². The summed E-state index contributed by atoms with van der Waals surface area (Å²) in [5, 5.41) is 0. The van der Waals surface area contributed by atoms with Crippen LogP contribution in [0, 0.1) is 0 Å². The van der Waals surface area contributed by atoms with Crippen LogP contribution >= 0.6 is 0 Å². The second-order valence-electron chi connectivity index (χ2n) is 5.21. The Kier molecular flexibility index (Phi) is 4.40. The van der Waals surface area contributed by atoms with Gasteiger partial charge >= 0.3 is 0 Å². The molecule has 2 heteroatoms. The minimum Gasteiger partial charge on any atom is -0.289 e. The first kappa shape index (κ1) is 14.2. The molecule has 0 aliphatic rings. The summed E-state index contributed by atoms with van der Waals surface area (Å²) in [5.74, 6) is 0.0666. The Balaban J connectivity index is 1.67. The quantitative estimate of drug-likeness (QED) is 0.661. The van der Waals surface area contributed by atoms with Crippen LogP contribution in [0.2, 0.25) is 0 Å². The molecule has 0 aliphatic heterocycles. The second-order valence-corrected chi connectivity index (χ2v) is 5.21. The summed E-state index contributed by atoms with van der Waals surface area (Å²) in [5.41, 5.74) is 3.76. The molecule has 0 saturated heterocycles. The number of rotatable bonds is 5. The summed E-state index contributed by atoms with van der Waals surface area (Å²) < 4.78 is 0. The summed E-state index contributed by atoms with van der Waals surface area (Å²) in [4.78, 5) is 16.7. The predicted molar refractivity (Wildman–Crippen MR) is 88.0 cm³/mol. The standard InChI is InChI=1S/C20H17NO/c22-20(17-6-2-1-3-7-17)18-12-9-16(10-13-18)11-14-19-8-4-5-15-21-19/h1-10,12-13,15H,11,14H2. The van der Waals surface area contributed by atoms with Crippen LogP contribution < -0.4 is 0 Å². The van der Waals surface area contributed by atoms with Crippen LogP contribution in [0.1, 0.15) is 27.2 Å². The van der Waals surface area contributed by atoms with Crippen molar-refractivity contribution in [2.75, 3.05) is 0 Å². The molecule has 1 aromatic heterocycles. The first-order chi connectivity index (χ1) is 10.8. The summed E-state index contributed by atoms with van der Waals surface area (Å²) in [6.45, 7) is 0. The van der Waals surface area contributed by atoms with E-state index in [0.29, 0.717) is 0 Å². The molecular formula is C20H17NO. The Labute approximate surface area is 130 Å².